The van der Waals surface area contributed by atoms with E-state index in [1.807, 2.05) is 0 Å². The van der Waals surface area contributed by atoms with Crippen molar-refractivity contribution in [3.8, 4) is 11.5 Å². The predicted octanol–water partition coefficient (Wildman–Crippen LogP) is 1.28. The standard InChI is InChI=1S/C16H9N5O4/c22-15-9-14-17-18-16(23)20(14)12-7-6-11(21(24)25)8-13(12)19(15)10-4-2-1-3-5-10/h1-9H. The Morgan fingerprint density at radius 3 is 2.36 bits per heavy atom. The van der Waals surface area contributed by atoms with Crippen molar-refractivity contribution in [2.75, 3.05) is 0 Å². The van der Waals surface area contributed by atoms with Gasteiger partial charge in [0.2, 0.25) is 0 Å². The van der Waals surface area contributed by atoms with Gasteiger partial charge in [-0.05, 0) is 18.2 Å². The summed E-state index contributed by atoms with van der Waals surface area (Å²) in [5.41, 5.74) is -0.338. The molecule has 0 aliphatic carbocycles. The summed E-state index contributed by atoms with van der Waals surface area (Å²) in [6.07, 6.45) is 0. The fourth-order valence-electron chi connectivity index (χ4n) is 2.73. The van der Waals surface area contributed by atoms with Crippen LogP contribution in [0.15, 0.2) is 64.2 Å². The zero-order chi connectivity index (χ0) is 17.6. The second kappa shape index (κ2) is 5.34. The van der Waals surface area contributed by atoms with Crippen molar-refractivity contribution in [1.29, 1.82) is 0 Å². The SMILES string of the molecule is O=c1cc2nnc(=O)n-2c2ccc([N+](=O)[O-])cc2n1-c1ccccc1. The van der Waals surface area contributed by atoms with Gasteiger partial charge in [0.05, 0.1) is 16.0 Å². The first-order chi connectivity index (χ1) is 12.1. The number of nitro benzene ring substituents is 1. The van der Waals surface area contributed by atoms with Gasteiger partial charge in [0, 0.05) is 23.9 Å². The van der Waals surface area contributed by atoms with Crippen molar-refractivity contribution in [3.05, 3.63) is 85.5 Å². The molecule has 2 aromatic carbocycles. The molecule has 2 heterocycles. The summed E-state index contributed by atoms with van der Waals surface area (Å²) in [6, 6.07) is 13.8. The van der Waals surface area contributed by atoms with E-state index in [2.05, 4.69) is 10.2 Å². The fourth-order valence-corrected chi connectivity index (χ4v) is 2.73. The summed E-state index contributed by atoms with van der Waals surface area (Å²) in [5.74, 6) is 0.0727. The van der Waals surface area contributed by atoms with Crippen molar-refractivity contribution < 1.29 is 4.92 Å². The number of fused-ring (bicyclic) bond motifs is 3. The minimum atomic E-state index is -0.663. The monoisotopic (exact) mass is 335 g/mol. The Kier molecular flexibility index (Phi) is 3.14. The Morgan fingerprint density at radius 1 is 0.880 bits per heavy atom. The van der Waals surface area contributed by atoms with Gasteiger partial charge in [-0.2, -0.15) is 0 Å². The first-order valence-corrected chi connectivity index (χ1v) is 7.21. The van der Waals surface area contributed by atoms with Crippen molar-refractivity contribution >= 4 is 16.7 Å². The molecule has 9 heteroatoms. The van der Waals surface area contributed by atoms with E-state index in [0.717, 1.165) is 4.57 Å². The smallest absolute Gasteiger partial charge is 0.275 e. The number of hydrogen-bond acceptors (Lipinski definition) is 6. The van der Waals surface area contributed by atoms with Gasteiger partial charge in [0.1, 0.15) is 0 Å². The summed E-state index contributed by atoms with van der Waals surface area (Å²) < 4.78 is 2.45. The van der Waals surface area contributed by atoms with Gasteiger partial charge in [0.25, 0.3) is 11.2 Å². The lowest BCUT2D eigenvalue weighted by molar-refractivity contribution is -0.384. The van der Waals surface area contributed by atoms with E-state index in [0.29, 0.717) is 11.2 Å². The Morgan fingerprint density at radius 2 is 1.64 bits per heavy atom. The molecular weight excluding hydrogens is 326 g/mol. The number of nitro groups is 1. The third kappa shape index (κ3) is 2.26. The van der Waals surface area contributed by atoms with Crippen LogP contribution in [0.2, 0.25) is 0 Å². The fraction of sp³-hybridized carbons (Fsp3) is 0. The van der Waals surface area contributed by atoms with Crippen molar-refractivity contribution in [3.63, 3.8) is 0 Å². The van der Waals surface area contributed by atoms with E-state index in [-0.39, 0.29) is 17.0 Å². The van der Waals surface area contributed by atoms with Gasteiger partial charge >= 0.3 is 5.69 Å². The average Bonchev–Trinajstić information content (AvgIpc) is 2.90. The van der Waals surface area contributed by atoms with Crippen LogP contribution in [0, 0.1) is 10.1 Å². The summed E-state index contributed by atoms with van der Waals surface area (Å²) in [6.45, 7) is 0. The zero-order valence-corrected chi connectivity index (χ0v) is 12.6. The first kappa shape index (κ1) is 14.7. The Balaban J connectivity index is 2.28. The Bertz CT molecular complexity index is 1210. The molecule has 0 atom stereocenters. The molecule has 2 aliphatic heterocycles. The van der Waals surface area contributed by atoms with Crippen LogP contribution in [0.5, 0.6) is 0 Å². The van der Waals surface area contributed by atoms with E-state index in [9.17, 15) is 19.7 Å². The third-order valence-corrected chi connectivity index (χ3v) is 3.80. The van der Waals surface area contributed by atoms with E-state index < -0.39 is 16.2 Å². The molecule has 4 rings (SSSR count). The van der Waals surface area contributed by atoms with Crippen LogP contribution in [-0.2, 0) is 0 Å². The first-order valence-electron chi connectivity index (χ1n) is 7.21. The van der Waals surface area contributed by atoms with Crippen molar-refractivity contribution in [2.24, 2.45) is 0 Å². The molecule has 0 fully saturated rings. The lowest BCUT2D eigenvalue weighted by Gasteiger charge is -2.07. The molecule has 0 aromatic heterocycles. The molecule has 122 valence electrons. The predicted molar refractivity (Wildman–Crippen MR) is 88.6 cm³/mol. The van der Waals surface area contributed by atoms with E-state index in [4.69, 9.17) is 0 Å². The molecule has 0 N–H and O–H groups in total. The zero-order valence-electron chi connectivity index (χ0n) is 12.6. The number of rotatable bonds is 2. The van der Waals surface area contributed by atoms with Gasteiger partial charge in [-0.25, -0.2) is 9.36 Å². The summed E-state index contributed by atoms with van der Waals surface area (Å²) in [7, 11) is 0. The number of hydrogen-bond donors (Lipinski definition) is 0. The number of non-ortho nitro benzene ring substituents is 1. The second-order valence-corrected chi connectivity index (χ2v) is 5.26. The van der Waals surface area contributed by atoms with Crippen LogP contribution in [-0.4, -0.2) is 24.3 Å². The maximum atomic E-state index is 12.7. The van der Waals surface area contributed by atoms with Gasteiger partial charge in [-0.15, -0.1) is 5.10 Å². The minimum absolute atomic E-state index is 0.0727. The van der Waals surface area contributed by atoms with Gasteiger partial charge in [-0.1, -0.05) is 23.3 Å². The molecular formula is C16H9N5O4. The molecule has 0 unspecified atom stereocenters. The Hall–Kier alpha value is -3.88. The second-order valence-electron chi connectivity index (χ2n) is 5.26. The van der Waals surface area contributed by atoms with Gasteiger partial charge in [-0.3, -0.25) is 19.5 Å². The maximum Gasteiger partial charge on any atom is 0.372 e. The summed E-state index contributed by atoms with van der Waals surface area (Å²) >= 11 is 0. The maximum absolute atomic E-state index is 12.7. The van der Waals surface area contributed by atoms with Crippen molar-refractivity contribution in [2.45, 2.75) is 0 Å². The highest BCUT2D eigenvalue weighted by Crippen LogP contribution is 2.23. The number of nitrogens with zero attached hydrogens (tertiary/aromatic N) is 5. The van der Waals surface area contributed by atoms with Crippen LogP contribution in [0.25, 0.3) is 22.5 Å². The topological polar surface area (TPSA) is 113 Å². The van der Waals surface area contributed by atoms with Crippen LogP contribution in [0.4, 0.5) is 5.69 Å². The molecule has 25 heavy (non-hydrogen) atoms. The lowest BCUT2D eigenvalue weighted by atomic mass is 10.2. The average molecular weight is 335 g/mol. The molecule has 0 bridgehead atoms. The quantitative estimate of drug-likeness (QED) is 0.403. The summed E-state index contributed by atoms with van der Waals surface area (Å²) in [5, 5.41) is 18.3. The highest BCUT2D eigenvalue weighted by molar-refractivity contribution is 5.81. The van der Waals surface area contributed by atoms with Crippen molar-refractivity contribution in [1.82, 2.24) is 19.3 Å². The van der Waals surface area contributed by atoms with Crippen LogP contribution in [0.3, 0.4) is 0 Å². The lowest BCUT2D eigenvalue weighted by Crippen LogP contribution is -2.15. The molecule has 0 amide bonds. The number of benzene rings is 2. The van der Waals surface area contributed by atoms with Crippen LogP contribution < -0.4 is 11.2 Å². The molecule has 0 radical (unpaired) electrons. The summed E-state index contributed by atoms with van der Waals surface area (Å²) in [4.78, 5) is 35.4. The van der Waals surface area contributed by atoms with E-state index >= 15 is 0 Å². The minimum Gasteiger partial charge on any atom is -0.275 e. The van der Waals surface area contributed by atoms with Crippen LogP contribution in [0.1, 0.15) is 0 Å². The highest BCUT2D eigenvalue weighted by Gasteiger charge is 2.18. The molecule has 0 saturated heterocycles. The molecule has 0 saturated carbocycles. The third-order valence-electron chi connectivity index (χ3n) is 3.80. The Labute approximate surface area is 138 Å². The normalized spacial score (nSPS) is 11.0. The van der Waals surface area contributed by atoms with E-state index in [1.165, 1.54) is 28.8 Å². The number of para-hydroxylation sites is 1. The van der Waals surface area contributed by atoms with Crippen LogP contribution >= 0.6 is 0 Å². The van der Waals surface area contributed by atoms with Gasteiger partial charge < -0.3 is 0 Å². The molecule has 9 nitrogen and oxygen atoms in total. The van der Waals surface area contributed by atoms with E-state index in [1.54, 1.807) is 30.3 Å². The molecule has 0 spiro atoms. The molecule has 2 aromatic rings. The molecule has 2 aliphatic rings. The largest absolute Gasteiger partial charge is 0.372 e. The highest BCUT2D eigenvalue weighted by atomic mass is 16.6. The van der Waals surface area contributed by atoms with Gasteiger partial charge in [0.15, 0.2) is 5.82 Å². The number of aromatic nitrogens is 4.